The Bertz CT molecular complexity index is 577. The average Bonchev–Trinajstić information content (AvgIpc) is 2.78. The van der Waals surface area contributed by atoms with Gasteiger partial charge in [-0.05, 0) is 25.0 Å². The second-order valence-corrected chi connectivity index (χ2v) is 4.07. The van der Waals surface area contributed by atoms with Crippen LogP contribution in [0.5, 0.6) is 0 Å². The van der Waals surface area contributed by atoms with Crippen LogP contribution < -0.4 is 5.73 Å². The summed E-state index contributed by atoms with van der Waals surface area (Å²) in [7, 11) is 0. The van der Waals surface area contributed by atoms with Crippen molar-refractivity contribution in [1.82, 2.24) is 9.78 Å². The Kier molecular flexibility index (Phi) is 3.76. The minimum absolute atomic E-state index is 0.0231. The summed E-state index contributed by atoms with van der Waals surface area (Å²) in [5, 5.41) is 23.5. The molecule has 0 radical (unpaired) electrons. The van der Waals surface area contributed by atoms with Gasteiger partial charge in [0.25, 0.3) is 5.69 Å². The Morgan fingerprint density at radius 2 is 2.05 bits per heavy atom. The number of nitrogens with zero attached hydrogens (tertiary/aromatic N) is 3. The van der Waals surface area contributed by atoms with Gasteiger partial charge in [0, 0.05) is 24.3 Å². The summed E-state index contributed by atoms with van der Waals surface area (Å²) in [6.07, 6.45) is 2.91. The first kappa shape index (κ1) is 13.0. The number of aromatic nitrogens is 2. The summed E-state index contributed by atoms with van der Waals surface area (Å²) in [5.74, 6) is 0.488. The highest BCUT2D eigenvalue weighted by molar-refractivity contribution is 5.49. The molecule has 3 N–H and O–H groups in total. The average molecular weight is 262 g/mol. The highest BCUT2D eigenvalue weighted by atomic mass is 16.6. The monoisotopic (exact) mass is 262 g/mol. The number of aliphatic hydroxyl groups excluding tert-OH is 1. The lowest BCUT2D eigenvalue weighted by atomic mass is 10.2. The molecule has 0 aliphatic rings. The summed E-state index contributed by atoms with van der Waals surface area (Å²) in [6, 6.07) is 6.00. The number of nitro benzene ring substituents is 1. The van der Waals surface area contributed by atoms with Crippen LogP contribution >= 0.6 is 0 Å². The van der Waals surface area contributed by atoms with Crippen LogP contribution in [0.25, 0.3) is 5.69 Å². The Balaban J connectivity index is 2.26. The molecule has 0 fully saturated rings. The number of nitrogen functional groups attached to an aromatic ring is 1. The van der Waals surface area contributed by atoms with E-state index in [1.54, 1.807) is 18.3 Å². The van der Waals surface area contributed by atoms with Gasteiger partial charge >= 0.3 is 0 Å². The van der Waals surface area contributed by atoms with Gasteiger partial charge in [0.2, 0.25) is 0 Å². The molecule has 0 atom stereocenters. The number of hydrogen-bond donors (Lipinski definition) is 2. The Morgan fingerprint density at radius 3 is 2.63 bits per heavy atom. The molecule has 0 spiro atoms. The third kappa shape index (κ3) is 2.71. The van der Waals surface area contributed by atoms with E-state index in [4.69, 9.17) is 10.8 Å². The first-order valence-electron chi connectivity index (χ1n) is 5.81. The molecule has 7 heteroatoms. The van der Waals surface area contributed by atoms with Crippen molar-refractivity contribution >= 4 is 11.5 Å². The number of benzene rings is 1. The summed E-state index contributed by atoms with van der Waals surface area (Å²) in [5.41, 5.74) is 7.50. The number of aryl methyl sites for hydroxylation is 1. The van der Waals surface area contributed by atoms with Crippen LogP contribution in [0.2, 0.25) is 0 Å². The topological polar surface area (TPSA) is 107 Å². The molecule has 0 aliphatic heterocycles. The number of hydrogen-bond acceptors (Lipinski definition) is 5. The van der Waals surface area contributed by atoms with E-state index < -0.39 is 4.92 Å². The molecule has 0 saturated carbocycles. The molecule has 0 unspecified atom stereocenters. The van der Waals surface area contributed by atoms with Crippen molar-refractivity contribution in [3.05, 3.63) is 46.1 Å². The van der Waals surface area contributed by atoms with E-state index in [1.165, 1.54) is 16.8 Å². The Morgan fingerprint density at radius 1 is 1.37 bits per heavy atom. The van der Waals surface area contributed by atoms with Crippen molar-refractivity contribution in [3.8, 4) is 5.69 Å². The molecule has 7 nitrogen and oxygen atoms in total. The number of nitro groups is 1. The van der Waals surface area contributed by atoms with Gasteiger partial charge in [-0.2, -0.15) is 5.10 Å². The maximum absolute atomic E-state index is 10.6. The van der Waals surface area contributed by atoms with Crippen LogP contribution in [-0.4, -0.2) is 26.4 Å². The zero-order valence-corrected chi connectivity index (χ0v) is 10.2. The van der Waals surface area contributed by atoms with Gasteiger partial charge in [0.1, 0.15) is 5.82 Å². The van der Waals surface area contributed by atoms with Crippen molar-refractivity contribution in [2.45, 2.75) is 12.8 Å². The largest absolute Gasteiger partial charge is 0.396 e. The van der Waals surface area contributed by atoms with Gasteiger partial charge in [-0.15, -0.1) is 0 Å². The first-order chi connectivity index (χ1) is 9.13. The number of non-ortho nitro benzene ring substituents is 1. The van der Waals surface area contributed by atoms with Gasteiger partial charge in [-0.25, -0.2) is 4.68 Å². The summed E-state index contributed by atoms with van der Waals surface area (Å²) in [4.78, 5) is 10.1. The van der Waals surface area contributed by atoms with Gasteiger partial charge in [-0.1, -0.05) is 0 Å². The lowest BCUT2D eigenvalue weighted by Gasteiger charge is -2.04. The highest BCUT2D eigenvalue weighted by Crippen LogP contribution is 2.20. The zero-order valence-electron chi connectivity index (χ0n) is 10.2. The Labute approximate surface area is 109 Å². The second kappa shape index (κ2) is 5.49. The fourth-order valence-corrected chi connectivity index (χ4v) is 1.78. The third-order valence-corrected chi connectivity index (χ3v) is 2.80. The van der Waals surface area contributed by atoms with E-state index >= 15 is 0 Å². The standard InChI is InChI=1S/C12H14N4O3/c13-12-9(2-1-7-17)8-14-15(12)10-3-5-11(6-4-10)16(18)19/h3-6,8,17H,1-2,7,13H2. The van der Waals surface area contributed by atoms with E-state index in [1.807, 2.05) is 0 Å². The highest BCUT2D eigenvalue weighted by Gasteiger charge is 2.10. The van der Waals surface area contributed by atoms with Gasteiger partial charge in [0.15, 0.2) is 0 Å². The first-order valence-corrected chi connectivity index (χ1v) is 5.81. The number of anilines is 1. The molecule has 2 aromatic rings. The molecular formula is C12H14N4O3. The lowest BCUT2D eigenvalue weighted by Crippen LogP contribution is -2.03. The van der Waals surface area contributed by atoms with Crippen LogP contribution in [0, 0.1) is 10.1 Å². The Hall–Kier alpha value is -2.41. The van der Waals surface area contributed by atoms with E-state index in [9.17, 15) is 10.1 Å². The summed E-state index contributed by atoms with van der Waals surface area (Å²) in [6.45, 7) is 0.0994. The molecule has 1 heterocycles. The van der Waals surface area contributed by atoms with Gasteiger partial charge in [0.05, 0.1) is 16.8 Å². The molecular weight excluding hydrogens is 248 g/mol. The lowest BCUT2D eigenvalue weighted by molar-refractivity contribution is -0.384. The fraction of sp³-hybridized carbons (Fsp3) is 0.250. The molecule has 2 rings (SSSR count). The van der Waals surface area contributed by atoms with E-state index in [0.29, 0.717) is 24.3 Å². The molecule has 100 valence electrons. The molecule has 0 bridgehead atoms. The predicted molar refractivity (Wildman–Crippen MR) is 70.0 cm³/mol. The zero-order chi connectivity index (χ0) is 13.8. The predicted octanol–water partition coefficient (Wildman–Crippen LogP) is 1.29. The van der Waals surface area contributed by atoms with Crippen molar-refractivity contribution in [3.63, 3.8) is 0 Å². The quantitative estimate of drug-likeness (QED) is 0.623. The number of rotatable bonds is 5. The molecule has 0 aliphatic carbocycles. The molecule has 0 amide bonds. The molecule has 1 aromatic heterocycles. The molecule has 1 aromatic carbocycles. The smallest absolute Gasteiger partial charge is 0.269 e. The van der Waals surface area contributed by atoms with E-state index in [0.717, 1.165) is 5.56 Å². The third-order valence-electron chi connectivity index (χ3n) is 2.80. The van der Waals surface area contributed by atoms with Crippen molar-refractivity contribution in [1.29, 1.82) is 0 Å². The van der Waals surface area contributed by atoms with Crippen molar-refractivity contribution in [2.75, 3.05) is 12.3 Å². The minimum Gasteiger partial charge on any atom is -0.396 e. The van der Waals surface area contributed by atoms with Crippen LogP contribution in [-0.2, 0) is 6.42 Å². The van der Waals surface area contributed by atoms with Crippen LogP contribution in [0.1, 0.15) is 12.0 Å². The SMILES string of the molecule is Nc1c(CCCO)cnn1-c1ccc([N+](=O)[O-])cc1. The summed E-state index contributed by atoms with van der Waals surface area (Å²) < 4.78 is 1.52. The van der Waals surface area contributed by atoms with E-state index in [-0.39, 0.29) is 12.3 Å². The van der Waals surface area contributed by atoms with Crippen LogP contribution in [0.4, 0.5) is 11.5 Å². The number of aliphatic hydroxyl groups is 1. The second-order valence-electron chi connectivity index (χ2n) is 4.07. The van der Waals surface area contributed by atoms with Crippen molar-refractivity contribution < 1.29 is 10.0 Å². The van der Waals surface area contributed by atoms with Gasteiger partial charge < -0.3 is 10.8 Å². The summed E-state index contributed by atoms with van der Waals surface area (Å²) >= 11 is 0. The molecule has 0 saturated heterocycles. The number of nitrogens with two attached hydrogens (primary N) is 1. The molecule has 19 heavy (non-hydrogen) atoms. The minimum atomic E-state index is -0.455. The van der Waals surface area contributed by atoms with Crippen molar-refractivity contribution in [2.24, 2.45) is 0 Å². The van der Waals surface area contributed by atoms with Crippen LogP contribution in [0.15, 0.2) is 30.5 Å². The maximum atomic E-state index is 10.6. The van der Waals surface area contributed by atoms with Crippen LogP contribution in [0.3, 0.4) is 0 Å². The maximum Gasteiger partial charge on any atom is 0.269 e. The van der Waals surface area contributed by atoms with E-state index in [2.05, 4.69) is 5.10 Å². The van der Waals surface area contributed by atoms with Gasteiger partial charge in [-0.3, -0.25) is 10.1 Å². The normalized spacial score (nSPS) is 10.6. The fourth-order valence-electron chi connectivity index (χ4n) is 1.78.